The van der Waals surface area contributed by atoms with Crippen molar-refractivity contribution in [3.8, 4) is 0 Å². The highest BCUT2D eigenvalue weighted by atomic mass is 19.4. The highest BCUT2D eigenvalue weighted by Gasteiger charge is 2.45. The van der Waals surface area contributed by atoms with E-state index < -0.39 is 34.8 Å². The molecule has 1 amide bonds. The van der Waals surface area contributed by atoms with Crippen LogP contribution in [0, 0.1) is 6.92 Å². The second kappa shape index (κ2) is 8.61. The van der Waals surface area contributed by atoms with Gasteiger partial charge in [0.25, 0.3) is 0 Å². The molecule has 2 aromatic rings. The van der Waals surface area contributed by atoms with Crippen LogP contribution in [0.25, 0.3) is 0 Å². The van der Waals surface area contributed by atoms with Gasteiger partial charge in [-0.1, -0.05) is 42.0 Å². The molecule has 3 atom stereocenters. The number of carbonyl (C=O) groups excluding carboxylic acids is 1. The van der Waals surface area contributed by atoms with Crippen LogP contribution in [-0.2, 0) is 21.2 Å². The fraction of sp³-hybridized carbons (Fsp3) is 0.435. The number of nitrogens with two attached hydrogens (primary N) is 2. The lowest BCUT2D eigenvalue weighted by Crippen LogP contribution is -2.66. The Hall–Kier alpha value is -2.42. The van der Waals surface area contributed by atoms with Gasteiger partial charge in [0.15, 0.2) is 0 Å². The zero-order valence-corrected chi connectivity index (χ0v) is 17.6. The van der Waals surface area contributed by atoms with Crippen molar-refractivity contribution in [2.24, 2.45) is 11.5 Å². The van der Waals surface area contributed by atoms with E-state index in [1.807, 2.05) is 30.3 Å². The number of amides is 1. The number of nitrogens with one attached hydrogen (secondary N) is 1. The first-order valence-electron chi connectivity index (χ1n) is 10.1. The number of ether oxygens (including phenoxy) is 1. The minimum atomic E-state index is -4.42. The van der Waals surface area contributed by atoms with Gasteiger partial charge in [0.2, 0.25) is 5.91 Å². The van der Waals surface area contributed by atoms with Crippen LogP contribution < -0.4 is 16.8 Å². The van der Waals surface area contributed by atoms with Gasteiger partial charge in [0, 0.05) is 6.54 Å². The van der Waals surface area contributed by atoms with Gasteiger partial charge in [-0.2, -0.15) is 13.2 Å². The summed E-state index contributed by atoms with van der Waals surface area (Å²) < 4.78 is 45.7. The molecule has 1 fully saturated rings. The summed E-state index contributed by atoms with van der Waals surface area (Å²) >= 11 is 0. The average molecular weight is 435 g/mol. The Morgan fingerprint density at radius 3 is 2.42 bits per heavy atom. The van der Waals surface area contributed by atoms with Crippen molar-refractivity contribution in [2.75, 3.05) is 13.2 Å². The summed E-state index contributed by atoms with van der Waals surface area (Å²) in [5, 5.41) is 3.34. The molecule has 0 saturated carbocycles. The van der Waals surface area contributed by atoms with Crippen molar-refractivity contribution < 1.29 is 22.7 Å². The van der Waals surface area contributed by atoms with E-state index >= 15 is 0 Å². The van der Waals surface area contributed by atoms with Crippen LogP contribution in [0.5, 0.6) is 0 Å². The maximum Gasteiger partial charge on any atom is 0.416 e. The number of carbonyl (C=O) groups is 1. The van der Waals surface area contributed by atoms with Gasteiger partial charge in [-0.25, -0.2) is 0 Å². The Balaban J connectivity index is 1.82. The van der Waals surface area contributed by atoms with Crippen LogP contribution in [0.1, 0.15) is 48.1 Å². The highest BCUT2D eigenvalue weighted by molar-refractivity contribution is 5.84. The number of alkyl halides is 3. The largest absolute Gasteiger partial charge is 0.416 e. The standard InChI is InChI=1S/C23H28F3N3O2/c1-15-10-17(12-19(11-15)23(24,25)26)16(2)31-14-22(18-6-4-3-5-7-18)9-8-21(28,13-29-22)20(27)30/h3-7,10-12,16,29H,8-9,13-14,28H2,1-2H3,(H2,27,30)/t16-,21+,22-/m1/s1. The average Bonchev–Trinajstić information content (AvgIpc) is 2.73. The third-order valence-electron chi connectivity index (χ3n) is 6.03. The molecule has 3 rings (SSSR count). The normalized spacial score (nSPS) is 25.2. The van der Waals surface area contributed by atoms with E-state index in [4.69, 9.17) is 16.2 Å². The second-order valence-corrected chi connectivity index (χ2v) is 8.41. The number of halogens is 3. The second-order valence-electron chi connectivity index (χ2n) is 8.41. The molecule has 0 unspecified atom stereocenters. The minimum Gasteiger partial charge on any atom is -0.372 e. The molecule has 31 heavy (non-hydrogen) atoms. The van der Waals surface area contributed by atoms with E-state index in [9.17, 15) is 18.0 Å². The van der Waals surface area contributed by atoms with Crippen LogP contribution in [0.15, 0.2) is 48.5 Å². The van der Waals surface area contributed by atoms with E-state index in [0.717, 1.165) is 17.7 Å². The number of primary amides is 1. The SMILES string of the molecule is Cc1cc([C@@H](C)OC[C@@]2(c3ccccc3)CC[C@@](N)(C(N)=O)CN2)cc(C(F)(F)F)c1. The van der Waals surface area contributed by atoms with Crippen molar-refractivity contribution in [3.05, 3.63) is 70.8 Å². The van der Waals surface area contributed by atoms with Crippen LogP contribution in [0.2, 0.25) is 0 Å². The van der Waals surface area contributed by atoms with Gasteiger partial charge in [0.05, 0.1) is 23.8 Å². The van der Waals surface area contributed by atoms with Crippen molar-refractivity contribution in [1.29, 1.82) is 0 Å². The molecule has 0 bridgehead atoms. The maximum absolute atomic E-state index is 13.2. The van der Waals surface area contributed by atoms with Gasteiger partial charge in [0.1, 0.15) is 5.54 Å². The zero-order chi connectivity index (χ0) is 22.9. The van der Waals surface area contributed by atoms with Gasteiger partial charge in [-0.3, -0.25) is 4.79 Å². The maximum atomic E-state index is 13.2. The predicted molar refractivity (Wildman–Crippen MR) is 112 cm³/mol. The lowest BCUT2D eigenvalue weighted by Gasteiger charge is -2.45. The molecule has 8 heteroatoms. The van der Waals surface area contributed by atoms with E-state index in [1.54, 1.807) is 19.9 Å². The van der Waals surface area contributed by atoms with Crippen LogP contribution in [0.3, 0.4) is 0 Å². The Morgan fingerprint density at radius 1 is 1.19 bits per heavy atom. The summed E-state index contributed by atoms with van der Waals surface area (Å²) in [6.45, 7) is 3.73. The lowest BCUT2D eigenvalue weighted by molar-refractivity contribution is -0.137. The van der Waals surface area contributed by atoms with Crippen LogP contribution in [-0.4, -0.2) is 24.6 Å². The number of rotatable bonds is 6. The first-order chi connectivity index (χ1) is 14.5. The van der Waals surface area contributed by atoms with E-state index in [2.05, 4.69) is 5.32 Å². The van der Waals surface area contributed by atoms with Gasteiger partial charge in [-0.15, -0.1) is 0 Å². The molecule has 1 saturated heterocycles. The Kier molecular flexibility index (Phi) is 6.45. The highest BCUT2D eigenvalue weighted by Crippen LogP contribution is 2.36. The molecule has 0 aliphatic carbocycles. The van der Waals surface area contributed by atoms with Crippen molar-refractivity contribution in [2.45, 2.75) is 50.0 Å². The number of benzene rings is 2. The van der Waals surface area contributed by atoms with Gasteiger partial charge in [-0.05, 0) is 49.9 Å². The van der Waals surface area contributed by atoms with Crippen LogP contribution in [0.4, 0.5) is 13.2 Å². The van der Waals surface area contributed by atoms with E-state index in [-0.39, 0.29) is 13.2 Å². The fourth-order valence-corrected chi connectivity index (χ4v) is 3.94. The quantitative estimate of drug-likeness (QED) is 0.647. The number of aryl methyl sites for hydroxylation is 1. The smallest absolute Gasteiger partial charge is 0.372 e. The molecule has 168 valence electrons. The molecule has 1 aliphatic rings. The third kappa shape index (κ3) is 5.08. The molecule has 2 aromatic carbocycles. The molecule has 0 radical (unpaired) electrons. The molecular formula is C23H28F3N3O2. The predicted octanol–water partition coefficient (Wildman–Crippen LogP) is 3.55. The fourth-order valence-electron chi connectivity index (χ4n) is 3.94. The molecule has 0 aromatic heterocycles. The number of hydrogen-bond acceptors (Lipinski definition) is 4. The summed E-state index contributed by atoms with van der Waals surface area (Å²) in [6.07, 6.45) is -4.13. The minimum absolute atomic E-state index is 0.178. The molecule has 0 spiro atoms. The number of piperidine rings is 1. The van der Waals surface area contributed by atoms with Gasteiger partial charge < -0.3 is 21.5 Å². The molecular weight excluding hydrogens is 407 g/mol. The zero-order valence-electron chi connectivity index (χ0n) is 17.6. The van der Waals surface area contributed by atoms with Crippen molar-refractivity contribution in [1.82, 2.24) is 5.32 Å². The summed E-state index contributed by atoms with van der Waals surface area (Å²) in [6, 6.07) is 13.5. The number of hydrogen-bond donors (Lipinski definition) is 3. The Labute approximate surface area is 179 Å². The van der Waals surface area contributed by atoms with Gasteiger partial charge >= 0.3 is 6.18 Å². The first-order valence-corrected chi connectivity index (χ1v) is 10.1. The topological polar surface area (TPSA) is 90.4 Å². The third-order valence-corrected chi connectivity index (χ3v) is 6.03. The summed E-state index contributed by atoms with van der Waals surface area (Å²) in [7, 11) is 0. The molecule has 1 aliphatic heterocycles. The Morgan fingerprint density at radius 2 is 1.87 bits per heavy atom. The monoisotopic (exact) mass is 435 g/mol. The summed E-state index contributed by atoms with van der Waals surface area (Å²) in [4.78, 5) is 11.8. The molecule has 5 N–H and O–H groups in total. The van der Waals surface area contributed by atoms with E-state index in [1.165, 1.54) is 0 Å². The Bertz CT molecular complexity index is 923. The summed E-state index contributed by atoms with van der Waals surface area (Å²) in [5.74, 6) is -0.574. The lowest BCUT2D eigenvalue weighted by atomic mass is 9.76. The first kappa shape index (κ1) is 23.2. The van der Waals surface area contributed by atoms with E-state index in [0.29, 0.717) is 24.0 Å². The molecule has 1 heterocycles. The molecule has 5 nitrogen and oxygen atoms in total. The summed E-state index contributed by atoms with van der Waals surface area (Å²) in [5.41, 5.74) is 11.0. The van der Waals surface area contributed by atoms with Crippen LogP contribution >= 0.6 is 0 Å². The van der Waals surface area contributed by atoms with Crippen molar-refractivity contribution >= 4 is 5.91 Å². The van der Waals surface area contributed by atoms with Crippen molar-refractivity contribution in [3.63, 3.8) is 0 Å².